The van der Waals surface area contributed by atoms with E-state index >= 15 is 0 Å². The minimum absolute atomic E-state index is 0.0899. The second-order valence-corrected chi connectivity index (χ2v) is 6.36. The highest BCUT2D eigenvalue weighted by Crippen LogP contribution is 2.38. The summed E-state index contributed by atoms with van der Waals surface area (Å²) in [5, 5.41) is 18.3. The fourth-order valence-corrected chi connectivity index (χ4v) is 3.61. The zero-order valence-electron chi connectivity index (χ0n) is 11.9. The van der Waals surface area contributed by atoms with Crippen molar-refractivity contribution in [2.45, 2.75) is 31.8 Å². The molecule has 2 atom stereocenters. The summed E-state index contributed by atoms with van der Waals surface area (Å²) >= 11 is 1.30. The van der Waals surface area contributed by atoms with Crippen LogP contribution in [-0.2, 0) is 4.79 Å². The van der Waals surface area contributed by atoms with Crippen LogP contribution in [0.15, 0.2) is 22.3 Å². The Balaban J connectivity index is 2.27. The van der Waals surface area contributed by atoms with Gasteiger partial charge in [-0.25, -0.2) is 0 Å². The van der Waals surface area contributed by atoms with Gasteiger partial charge in [-0.1, -0.05) is 6.07 Å². The van der Waals surface area contributed by atoms with E-state index < -0.39 is 28.3 Å². The van der Waals surface area contributed by atoms with Crippen molar-refractivity contribution in [1.82, 2.24) is 9.78 Å². The van der Waals surface area contributed by atoms with Crippen molar-refractivity contribution in [3.05, 3.63) is 48.4 Å². The summed E-state index contributed by atoms with van der Waals surface area (Å²) in [6.07, 6.45) is 0. The largest absolute Gasteiger partial charge is 0.305 e. The van der Waals surface area contributed by atoms with E-state index in [0.29, 0.717) is 10.7 Å². The monoisotopic (exact) mass is 322 g/mol. The summed E-state index contributed by atoms with van der Waals surface area (Å²) < 4.78 is 1.53. The first kappa shape index (κ1) is 14.5. The second-order valence-electron chi connectivity index (χ2n) is 5.38. The second kappa shape index (κ2) is 5.09. The van der Waals surface area contributed by atoms with Gasteiger partial charge in [-0.05, 0) is 25.3 Å². The first-order valence-electron chi connectivity index (χ1n) is 6.74. The van der Waals surface area contributed by atoms with Crippen LogP contribution in [0.2, 0.25) is 0 Å². The van der Waals surface area contributed by atoms with Crippen molar-refractivity contribution >= 4 is 23.1 Å². The predicted octanol–water partition coefficient (Wildman–Crippen LogP) is 1.55. The van der Waals surface area contributed by atoms with Crippen LogP contribution >= 0.6 is 11.3 Å². The Kier molecular flexibility index (Phi) is 3.36. The van der Waals surface area contributed by atoms with Crippen LogP contribution in [0, 0.1) is 10.1 Å². The molecule has 0 saturated carbocycles. The molecule has 0 spiro atoms. The van der Waals surface area contributed by atoms with Crippen molar-refractivity contribution in [3.63, 3.8) is 0 Å². The number of rotatable bonds is 3. The molecule has 0 aliphatic carbocycles. The molecule has 3 rings (SSSR count). The summed E-state index contributed by atoms with van der Waals surface area (Å²) in [6.45, 7) is 3.70. The lowest BCUT2D eigenvalue weighted by Crippen LogP contribution is -2.45. The van der Waals surface area contributed by atoms with Gasteiger partial charge in [-0.2, -0.15) is 0 Å². The maximum atomic E-state index is 12.3. The van der Waals surface area contributed by atoms with Crippen LogP contribution in [0.4, 0.5) is 5.82 Å². The topological polar surface area (TPSA) is 110 Å². The van der Waals surface area contributed by atoms with E-state index in [2.05, 4.69) is 10.4 Å². The van der Waals surface area contributed by atoms with Crippen LogP contribution in [0.5, 0.6) is 0 Å². The van der Waals surface area contributed by atoms with E-state index in [9.17, 15) is 19.7 Å². The molecule has 0 radical (unpaired) electrons. The molecule has 1 amide bonds. The molecule has 9 heteroatoms. The van der Waals surface area contributed by atoms with Crippen molar-refractivity contribution in [1.29, 1.82) is 0 Å². The summed E-state index contributed by atoms with van der Waals surface area (Å²) in [4.78, 5) is 35.9. The molecule has 22 heavy (non-hydrogen) atoms. The Hall–Kier alpha value is -2.42. The van der Waals surface area contributed by atoms with Crippen LogP contribution in [0.1, 0.15) is 36.2 Å². The van der Waals surface area contributed by atoms with E-state index in [1.807, 2.05) is 13.8 Å². The van der Waals surface area contributed by atoms with E-state index in [4.69, 9.17) is 0 Å². The summed E-state index contributed by atoms with van der Waals surface area (Å²) in [6, 6.07) is 1.86. The maximum absolute atomic E-state index is 12.3. The number of nitrogens with one attached hydrogen (secondary N) is 2. The van der Waals surface area contributed by atoms with Crippen molar-refractivity contribution in [2.75, 3.05) is 5.32 Å². The normalized spacial score (nSPS) is 20.8. The van der Waals surface area contributed by atoms with Crippen LogP contribution in [-0.4, -0.2) is 26.7 Å². The molecule has 0 saturated heterocycles. The smallest absolute Gasteiger partial charge is 0.302 e. The molecular weight excluding hydrogens is 308 g/mol. The Morgan fingerprint density at radius 1 is 1.41 bits per heavy atom. The molecule has 0 fully saturated rings. The Morgan fingerprint density at radius 3 is 2.68 bits per heavy atom. The highest BCUT2D eigenvalue weighted by atomic mass is 32.1. The van der Waals surface area contributed by atoms with Gasteiger partial charge in [0.15, 0.2) is 0 Å². The minimum atomic E-state index is -1.50. The molecule has 0 aromatic carbocycles. The molecule has 3 heterocycles. The number of aromatic amines is 1. The van der Waals surface area contributed by atoms with Gasteiger partial charge in [-0.3, -0.25) is 29.5 Å². The van der Waals surface area contributed by atoms with Gasteiger partial charge in [0, 0.05) is 15.8 Å². The summed E-state index contributed by atoms with van der Waals surface area (Å²) in [7, 11) is 0. The molecule has 0 bridgehead atoms. The molecule has 0 unspecified atom stereocenters. The summed E-state index contributed by atoms with van der Waals surface area (Å²) in [5.41, 5.74) is -0.161. The molecule has 8 nitrogen and oxygen atoms in total. The number of carbonyl (C=O) groups is 1. The van der Waals surface area contributed by atoms with Crippen LogP contribution in [0.25, 0.3) is 0 Å². The van der Waals surface area contributed by atoms with E-state index in [1.54, 1.807) is 17.5 Å². The number of amides is 1. The zero-order chi connectivity index (χ0) is 16.0. The number of hydrogen-bond acceptors (Lipinski definition) is 5. The van der Waals surface area contributed by atoms with Gasteiger partial charge in [0.1, 0.15) is 11.7 Å². The SMILES string of the molecule is CC(C)n1[nH]c(=O)c2c1NC(=O)[C@@H]([N+](=O)[O-])[C@H]2c1cccs1. The molecule has 116 valence electrons. The molecule has 1 aliphatic rings. The number of aromatic nitrogens is 2. The first-order valence-corrected chi connectivity index (χ1v) is 7.62. The lowest BCUT2D eigenvalue weighted by Gasteiger charge is -2.25. The van der Waals surface area contributed by atoms with Gasteiger partial charge in [0.25, 0.3) is 5.56 Å². The van der Waals surface area contributed by atoms with Gasteiger partial charge in [0.2, 0.25) is 0 Å². The fraction of sp³-hybridized carbons (Fsp3) is 0.385. The zero-order valence-corrected chi connectivity index (χ0v) is 12.7. The first-order chi connectivity index (χ1) is 10.4. The third-order valence-electron chi connectivity index (χ3n) is 3.69. The van der Waals surface area contributed by atoms with E-state index in [0.717, 1.165) is 0 Å². The maximum Gasteiger partial charge on any atom is 0.302 e. The molecule has 1 aliphatic heterocycles. The van der Waals surface area contributed by atoms with E-state index in [-0.39, 0.29) is 11.6 Å². The van der Waals surface area contributed by atoms with Crippen molar-refractivity contribution in [2.24, 2.45) is 0 Å². The van der Waals surface area contributed by atoms with Gasteiger partial charge < -0.3 is 5.32 Å². The Bertz CT molecular complexity index is 790. The Morgan fingerprint density at radius 2 is 2.14 bits per heavy atom. The highest BCUT2D eigenvalue weighted by molar-refractivity contribution is 7.10. The molecule has 2 aromatic rings. The quantitative estimate of drug-likeness (QED) is 0.659. The number of nitro groups is 1. The Labute approximate surface area is 128 Å². The average molecular weight is 322 g/mol. The number of hydrogen-bond donors (Lipinski definition) is 2. The van der Waals surface area contributed by atoms with Crippen LogP contribution < -0.4 is 10.9 Å². The van der Waals surface area contributed by atoms with Crippen LogP contribution in [0.3, 0.4) is 0 Å². The third-order valence-corrected chi connectivity index (χ3v) is 4.65. The minimum Gasteiger partial charge on any atom is -0.305 e. The number of H-pyrrole nitrogens is 1. The van der Waals surface area contributed by atoms with Gasteiger partial charge >= 0.3 is 11.9 Å². The summed E-state index contributed by atoms with van der Waals surface area (Å²) in [5.74, 6) is -1.26. The average Bonchev–Trinajstić information content (AvgIpc) is 3.05. The van der Waals surface area contributed by atoms with Crippen molar-refractivity contribution in [3.8, 4) is 0 Å². The number of carbonyl (C=O) groups excluding carboxylic acids is 1. The lowest BCUT2D eigenvalue weighted by atomic mass is 9.88. The standard InChI is InChI=1S/C13H14N4O4S/c1-6(2)16-11-9(12(18)15-16)8(7-4-3-5-22-7)10(17(20)21)13(19)14-11/h3-6,8,10H,1-2H3,(H,14,19)(H,15,18)/t8-,10-/m0/s1. The third kappa shape index (κ3) is 2.05. The predicted molar refractivity (Wildman–Crippen MR) is 81.0 cm³/mol. The van der Waals surface area contributed by atoms with Gasteiger partial charge in [0.05, 0.1) is 5.56 Å². The van der Waals surface area contributed by atoms with Gasteiger partial charge in [-0.15, -0.1) is 11.3 Å². The fourth-order valence-electron chi connectivity index (χ4n) is 2.75. The van der Waals surface area contributed by atoms with E-state index in [1.165, 1.54) is 16.0 Å². The number of thiophene rings is 1. The molecular formula is C13H14N4O4S. The molecule has 2 aromatic heterocycles. The van der Waals surface area contributed by atoms with Crippen molar-refractivity contribution < 1.29 is 9.72 Å². The number of nitrogens with zero attached hydrogens (tertiary/aromatic N) is 2. The number of anilines is 1. The molecule has 2 N–H and O–H groups in total. The lowest BCUT2D eigenvalue weighted by molar-refractivity contribution is -0.509. The number of fused-ring (bicyclic) bond motifs is 1. The highest BCUT2D eigenvalue weighted by Gasteiger charge is 2.49.